The number of hydrogen-bond acceptors (Lipinski definition) is 11. The molecule has 1 fully saturated rings. The molecule has 2 aromatic carbocycles. The Morgan fingerprint density at radius 3 is 2.59 bits per heavy atom. The van der Waals surface area contributed by atoms with Crippen LogP contribution in [-0.2, 0) is 20.7 Å². The lowest BCUT2D eigenvalue weighted by Gasteiger charge is -2.42. The third kappa shape index (κ3) is 3.95. The number of carbonyl (C=O) groups excluding carboxylic acids is 3. The summed E-state index contributed by atoms with van der Waals surface area (Å²) in [5.74, 6) is -3.25. The van der Waals surface area contributed by atoms with E-state index in [1.54, 1.807) is 6.92 Å². The van der Waals surface area contributed by atoms with Gasteiger partial charge >= 0.3 is 0 Å². The number of fused-ring (bicyclic) bond motifs is 3. The molecule has 1 saturated heterocycles. The summed E-state index contributed by atoms with van der Waals surface area (Å²) in [6.07, 6.45) is -4.50. The van der Waals surface area contributed by atoms with Crippen LogP contribution < -0.4 is 5.73 Å². The van der Waals surface area contributed by atoms with E-state index in [2.05, 4.69) is 0 Å². The van der Waals surface area contributed by atoms with Crippen LogP contribution in [-0.4, -0.2) is 79.6 Å². The Morgan fingerprint density at radius 1 is 1.19 bits per heavy atom. The first-order valence-corrected chi connectivity index (χ1v) is 11.9. The second-order valence-corrected chi connectivity index (χ2v) is 9.86. The maximum Gasteiger partial charge on any atom is 0.201 e. The van der Waals surface area contributed by atoms with Crippen LogP contribution in [0.1, 0.15) is 68.8 Å². The van der Waals surface area contributed by atoms with E-state index in [1.807, 2.05) is 0 Å². The lowest BCUT2D eigenvalue weighted by atomic mass is 9.72. The van der Waals surface area contributed by atoms with Crippen LogP contribution in [0.25, 0.3) is 0 Å². The summed E-state index contributed by atoms with van der Waals surface area (Å²) in [6.45, 7) is 0.649. The van der Waals surface area contributed by atoms with E-state index in [-0.39, 0.29) is 52.6 Å². The minimum absolute atomic E-state index is 0.0423. The van der Waals surface area contributed by atoms with Crippen molar-refractivity contribution in [3.05, 3.63) is 57.6 Å². The molecule has 6 atom stereocenters. The highest BCUT2D eigenvalue weighted by molar-refractivity contribution is 6.30. The Labute approximate surface area is 211 Å². The van der Waals surface area contributed by atoms with Gasteiger partial charge in [-0.3, -0.25) is 14.4 Å². The van der Waals surface area contributed by atoms with Gasteiger partial charge in [-0.2, -0.15) is 0 Å². The van der Waals surface area contributed by atoms with Crippen molar-refractivity contribution in [2.45, 2.75) is 62.4 Å². The summed E-state index contributed by atoms with van der Waals surface area (Å²) in [7, 11) is 0. The van der Waals surface area contributed by atoms with Gasteiger partial charge in [0.05, 0.1) is 29.4 Å². The molecule has 2 aromatic rings. The molecule has 0 bridgehead atoms. The molecular formula is C26H27NO10. The van der Waals surface area contributed by atoms with Gasteiger partial charge in [0.2, 0.25) is 5.78 Å². The second-order valence-electron chi connectivity index (χ2n) is 9.86. The van der Waals surface area contributed by atoms with E-state index in [4.69, 9.17) is 15.2 Å². The first-order chi connectivity index (χ1) is 17.5. The maximum atomic E-state index is 13.4. The fourth-order valence-electron chi connectivity index (χ4n) is 5.52. The van der Waals surface area contributed by atoms with Gasteiger partial charge in [-0.15, -0.1) is 0 Å². The van der Waals surface area contributed by atoms with Gasteiger partial charge in [0.15, 0.2) is 17.9 Å². The van der Waals surface area contributed by atoms with Gasteiger partial charge in [-0.05, 0) is 24.6 Å². The number of aromatic hydroxyl groups is 2. The van der Waals surface area contributed by atoms with Crippen molar-refractivity contribution < 1.29 is 49.4 Å². The van der Waals surface area contributed by atoms with Gasteiger partial charge in [0.25, 0.3) is 0 Å². The fourth-order valence-corrected chi connectivity index (χ4v) is 5.52. The van der Waals surface area contributed by atoms with E-state index in [0.29, 0.717) is 0 Å². The molecule has 37 heavy (non-hydrogen) atoms. The molecule has 11 nitrogen and oxygen atoms in total. The Bertz CT molecular complexity index is 1310. The smallest absolute Gasteiger partial charge is 0.201 e. The van der Waals surface area contributed by atoms with E-state index < -0.39 is 71.7 Å². The van der Waals surface area contributed by atoms with Crippen LogP contribution >= 0.6 is 0 Å². The summed E-state index contributed by atoms with van der Waals surface area (Å²) in [6, 6.07) is 4.69. The number of Topliss-reactive ketones (excluding diaryl/α,β-unsaturated/α-hetero) is 1. The number of aliphatic hydroxyl groups excluding tert-OH is 2. The highest BCUT2D eigenvalue weighted by atomic mass is 16.7. The largest absolute Gasteiger partial charge is 0.507 e. The lowest BCUT2D eigenvalue weighted by molar-refractivity contribution is -0.247. The Kier molecular flexibility index (Phi) is 6.18. The molecule has 0 spiro atoms. The van der Waals surface area contributed by atoms with Gasteiger partial charge in [0, 0.05) is 42.0 Å². The predicted molar refractivity (Wildman–Crippen MR) is 125 cm³/mol. The number of nitrogens with two attached hydrogens (primary N) is 1. The van der Waals surface area contributed by atoms with Crippen molar-refractivity contribution in [1.29, 1.82) is 0 Å². The van der Waals surface area contributed by atoms with Crippen LogP contribution in [0.5, 0.6) is 11.5 Å². The number of carbonyl (C=O) groups is 3. The van der Waals surface area contributed by atoms with Crippen molar-refractivity contribution >= 4 is 17.3 Å². The van der Waals surface area contributed by atoms with Crippen molar-refractivity contribution in [3.8, 4) is 11.5 Å². The van der Waals surface area contributed by atoms with Gasteiger partial charge in [-0.25, -0.2) is 0 Å². The van der Waals surface area contributed by atoms with Crippen molar-refractivity contribution in [2.75, 3.05) is 6.61 Å². The lowest BCUT2D eigenvalue weighted by Crippen LogP contribution is -2.53. The number of hydrogen-bond donors (Lipinski definition) is 6. The molecule has 196 valence electrons. The SMILES string of the molecule is CC1OC(OC2CC(O)(C(=O)CO)Cc3cc4c(c(O)c32)C(=O)c2c(O)cccc2C4=O)CC(N)C1O. The van der Waals surface area contributed by atoms with Crippen LogP contribution in [0.3, 0.4) is 0 Å². The number of phenolic OH excluding ortho intramolecular Hbond substituents is 2. The minimum Gasteiger partial charge on any atom is -0.507 e. The number of phenols is 2. The molecule has 7 N–H and O–H groups in total. The molecule has 0 saturated carbocycles. The number of aliphatic hydroxyl groups is 3. The maximum absolute atomic E-state index is 13.4. The number of ketones is 3. The summed E-state index contributed by atoms with van der Waals surface area (Å²) >= 11 is 0. The van der Waals surface area contributed by atoms with E-state index in [9.17, 15) is 39.9 Å². The summed E-state index contributed by atoms with van der Waals surface area (Å²) in [4.78, 5) is 39.2. The summed E-state index contributed by atoms with van der Waals surface area (Å²) in [5, 5.41) is 52.4. The summed E-state index contributed by atoms with van der Waals surface area (Å²) < 4.78 is 11.7. The highest BCUT2D eigenvalue weighted by Gasteiger charge is 2.48. The molecule has 0 amide bonds. The first-order valence-electron chi connectivity index (χ1n) is 11.9. The third-order valence-corrected chi connectivity index (χ3v) is 7.47. The van der Waals surface area contributed by atoms with Gasteiger partial charge in [-0.1, -0.05) is 12.1 Å². The zero-order chi connectivity index (χ0) is 26.8. The zero-order valence-electron chi connectivity index (χ0n) is 19.9. The van der Waals surface area contributed by atoms with E-state index >= 15 is 0 Å². The topological polar surface area (TPSA) is 197 Å². The van der Waals surface area contributed by atoms with Crippen LogP contribution in [0.2, 0.25) is 0 Å². The van der Waals surface area contributed by atoms with E-state index in [0.717, 1.165) is 0 Å². The molecule has 3 aliphatic rings. The average Bonchev–Trinajstić information content (AvgIpc) is 2.84. The normalized spacial score (nSPS) is 30.9. The minimum atomic E-state index is -2.09. The number of rotatable bonds is 4. The molecule has 5 rings (SSSR count). The highest BCUT2D eigenvalue weighted by Crippen LogP contribution is 2.48. The number of ether oxygens (including phenoxy) is 2. The number of benzene rings is 2. The molecule has 0 aromatic heterocycles. The zero-order valence-corrected chi connectivity index (χ0v) is 19.9. The molecule has 11 heteroatoms. The fraction of sp³-hybridized carbons (Fsp3) is 0.423. The van der Waals surface area contributed by atoms with Gasteiger partial charge < -0.3 is 40.7 Å². The van der Waals surface area contributed by atoms with Crippen molar-refractivity contribution in [1.82, 2.24) is 0 Å². The second kappa shape index (κ2) is 8.98. The third-order valence-electron chi connectivity index (χ3n) is 7.47. The molecule has 6 unspecified atom stereocenters. The Morgan fingerprint density at radius 2 is 1.92 bits per heavy atom. The Balaban J connectivity index is 1.64. The van der Waals surface area contributed by atoms with Crippen molar-refractivity contribution in [3.63, 3.8) is 0 Å². The Hall–Kier alpha value is -3.19. The van der Waals surface area contributed by atoms with Crippen LogP contribution in [0.15, 0.2) is 24.3 Å². The summed E-state index contributed by atoms with van der Waals surface area (Å²) in [5.41, 5.74) is 3.40. The molecule has 1 heterocycles. The van der Waals surface area contributed by atoms with Gasteiger partial charge in [0.1, 0.15) is 23.7 Å². The molecule has 1 aliphatic heterocycles. The van der Waals surface area contributed by atoms with Crippen molar-refractivity contribution in [2.24, 2.45) is 5.73 Å². The molecular weight excluding hydrogens is 486 g/mol. The quantitative estimate of drug-likeness (QED) is 0.274. The standard InChI is InChI=1S/C26H27NO10/c1-10-22(31)14(27)6-18(36-10)37-16-8-26(35,17(30)9-28)7-11-5-13-21(24(33)19(11)16)25(34)20-12(23(13)32)3-2-4-15(20)29/h2-5,10,14,16,18,22,28-29,31,33,35H,6-9,27H2,1H3. The molecule has 2 aliphatic carbocycles. The van der Waals surface area contributed by atoms with Crippen LogP contribution in [0.4, 0.5) is 0 Å². The monoisotopic (exact) mass is 513 g/mol. The average molecular weight is 513 g/mol. The van der Waals surface area contributed by atoms with E-state index in [1.165, 1.54) is 24.3 Å². The molecule has 0 radical (unpaired) electrons. The predicted octanol–water partition coefficient (Wildman–Crippen LogP) is -0.00730. The van der Waals surface area contributed by atoms with Crippen LogP contribution in [0, 0.1) is 0 Å². The first kappa shape index (κ1) is 25.5.